The van der Waals surface area contributed by atoms with Crippen LogP contribution in [0.3, 0.4) is 0 Å². The van der Waals surface area contributed by atoms with Crippen molar-refractivity contribution in [2.45, 2.75) is 284 Å². The van der Waals surface area contributed by atoms with E-state index in [0.717, 1.165) is 77.0 Å². The minimum Gasteiger partial charge on any atom is -0.462 e. The number of carbonyl (C=O) groups is 3. The van der Waals surface area contributed by atoms with Crippen LogP contribution in [0.15, 0.2) is 72.9 Å². The molecule has 6 nitrogen and oxygen atoms in total. The van der Waals surface area contributed by atoms with Crippen molar-refractivity contribution in [2.24, 2.45) is 0 Å². The Morgan fingerprint density at radius 3 is 0.925 bits per heavy atom. The zero-order valence-corrected chi connectivity index (χ0v) is 44.2. The van der Waals surface area contributed by atoms with Crippen LogP contribution in [0.1, 0.15) is 278 Å². The fraction of sp³-hybridized carbons (Fsp3) is 0.754. The van der Waals surface area contributed by atoms with E-state index in [4.69, 9.17) is 14.2 Å². The van der Waals surface area contributed by atoms with E-state index >= 15 is 0 Å². The Morgan fingerprint density at radius 2 is 0.552 bits per heavy atom. The standard InChI is InChI=1S/C61H106O6/c1-4-7-10-13-16-19-22-25-28-30-33-36-39-42-45-48-51-54-60(63)66-57-58(56-65-59(62)53-50-47-44-41-38-35-32-27-24-21-18-15-12-9-6-3)67-61(64)55-52-49-46-43-40-37-34-31-29-26-23-20-17-14-11-8-5-2/h16-17,19-20,25-26,28-29,33,36,42,45,58H,4-15,18,21-24,27,30-32,34-35,37-41,43-44,46-57H2,1-3H3/b19-16-,20-17-,28-25-,29-26-,36-33-,45-42-/t58-/m0/s1. The molecule has 6 heteroatoms. The summed E-state index contributed by atoms with van der Waals surface area (Å²) < 4.78 is 16.8. The van der Waals surface area contributed by atoms with E-state index in [0.29, 0.717) is 19.3 Å². The van der Waals surface area contributed by atoms with Crippen molar-refractivity contribution < 1.29 is 28.6 Å². The Hall–Kier alpha value is -3.15. The van der Waals surface area contributed by atoms with Gasteiger partial charge in [-0.25, -0.2) is 0 Å². The van der Waals surface area contributed by atoms with Gasteiger partial charge in [-0.1, -0.05) is 241 Å². The SMILES string of the molecule is CCCCC/C=C\C/C=C\C/C=C\C/C=C\CCCC(=O)OC[C@H](COC(=O)CCCCCCCCCCCCCCCCC)OC(=O)CCCCCCCCC/C=C\C/C=C\CCCCC. The molecule has 0 bridgehead atoms. The highest BCUT2D eigenvalue weighted by atomic mass is 16.6. The molecule has 0 spiro atoms. The third-order valence-corrected chi connectivity index (χ3v) is 12.2. The van der Waals surface area contributed by atoms with Crippen molar-refractivity contribution in [1.82, 2.24) is 0 Å². The van der Waals surface area contributed by atoms with Crippen LogP contribution in [-0.2, 0) is 28.6 Å². The van der Waals surface area contributed by atoms with Crippen LogP contribution in [-0.4, -0.2) is 37.2 Å². The van der Waals surface area contributed by atoms with Crippen molar-refractivity contribution in [3.05, 3.63) is 72.9 Å². The molecule has 0 aromatic carbocycles. The highest BCUT2D eigenvalue weighted by Gasteiger charge is 2.19. The Balaban J connectivity index is 4.47. The highest BCUT2D eigenvalue weighted by Crippen LogP contribution is 2.15. The first-order valence-corrected chi connectivity index (χ1v) is 28.4. The number of hydrogen-bond acceptors (Lipinski definition) is 6. The van der Waals surface area contributed by atoms with Crippen LogP contribution < -0.4 is 0 Å². The summed E-state index contributed by atoms with van der Waals surface area (Å²) in [6, 6.07) is 0. The largest absolute Gasteiger partial charge is 0.462 e. The molecule has 386 valence electrons. The number of carbonyl (C=O) groups excluding carboxylic acids is 3. The zero-order valence-electron chi connectivity index (χ0n) is 44.2. The minimum atomic E-state index is -0.800. The first-order chi connectivity index (χ1) is 33.0. The molecule has 0 rings (SSSR count). The zero-order chi connectivity index (χ0) is 48.6. The average Bonchev–Trinajstić information content (AvgIpc) is 3.33. The van der Waals surface area contributed by atoms with Crippen LogP contribution in [0.2, 0.25) is 0 Å². The summed E-state index contributed by atoms with van der Waals surface area (Å²) >= 11 is 0. The lowest BCUT2D eigenvalue weighted by Gasteiger charge is -2.18. The van der Waals surface area contributed by atoms with Crippen LogP contribution in [0, 0.1) is 0 Å². The fourth-order valence-electron chi connectivity index (χ4n) is 7.88. The molecule has 0 saturated heterocycles. The van der Waals surface area contributed by atoms with Gasteiger partial charge in [0.15, 0.2) is 6.10 Å². The molecule has 67 heavy (non-hydrogen) atoms. The number of hydrogen-bond donors (Lipinski definition) is 0. The number of unbranched alkanes of at least 4 members (excludes halogenated alkanes) is 28. The van der Waals surface area contributed by atoms with Crippen molar-refractivity contribution >= 4 is 17.9 Å². The van der Waals surface area contributed by atoms with Crippen LogP contribution >= 0.6 is 0 Å². The molecule has 0 unspecified atom stereocenters. The van der Waals surface area contributed by atoms with Gasteiger partial charge in [-0.05, 0) is 89.9 Å². The Bertz CT molecular complexity index is 1260. The maximum atomic E-state index is 12.8. The second-order valence-corrected chi connectivity index (χ2v) is 18.8. The summed E-state index contributed by atoms with van der Waals surface area (Å²) in [5, 5.41) is 0. The summed E-state index contributed by atoms with van der Waals surface area (Å²) in [7, 11) is 0. The predicted octanol–water partition coefficient (Wildman–Crippen LogP) is 19.0. The molecule has 0 aromatic heterocycles. The van der Waals surface area contributed by atoms with E-state index in [2.05, 4.69) is 93.7 Å². The van der Waals surface area contributed by atoms with Crippen LogP contribution in [0.5, 0.6) is 0 Å². The molecule has 1 atom stereocenters. The molecular formula is C61H106O6. The van der Waals surface area contributed by atoms with Gasteiger partial charge in [-0.15, -0.1) is 0 Å². The lowest BCUT2D eigenvalue weighted by Crippen LogP contribution is -2.30. The van der Waals surface area contributed by atoms with E-state index in [1.165, 1.54) is 154 Å². The van der Waals surface area contributed by atoms with Gasteiger partial charge in [-0.3, -0.25) is 14.4 Å². The molecule has 0 saturated carbocycles. The lowest BCUT2D eigenvalue weighted by molar-refractivity contribution is -0.167. The maximum absolute atomic E-state index is 12.8. The molecule has 0 aliphatic rings. The maximum Gasteiger partial charge on any atom is 0.306 e. The normalized spacial score (nSPS) is 12.6. The number of ether oxygens (including phenoxy) is 3. The van der Waals surface area contributed by atoms with E-state index in [1.54, 1.807) is 0 Å². The molecule has 0 amide bonds. The van der Waals surface area contributed by atoms with E-state index in [1.807, 2.05) is 0 Å². The Morgan fingerprint density at radius 1 is 0.299 bits per heavy atom. The van der Waals surface area contributed by atoms with Gasteiger partial charge in [0.2, 0.25) is 0 Å². The van der Waals surface area contributed by atoms with Gasteiger partial charge in [0, 0.05) is 19.3 Å². The predicted molar refractivity (Wildman–Crippen MR) is 288 cm³/mol. The molecular weight excluding hydrogens is 829 g/mol. The monoisotopic (exact) mass is 935 g/mol. The molecule has 0 aliphatic carbocycles. The summed E-state index contributed by atoms with van der Waals surface area (Å²) in [6.07, 6.45) is 70.3. The second kappa shape index (κ2) is 55.4. The van der Waals surface area contributed by atoms with Gasteiger partial charge in [0.05, 0.1) is 0 Å². The Kier molecular flexibility index (Phi) is 52.8. The van der Waals surface area contributed by atoms with Gasteiger partial charge < -0.3 is 14.2 Å². The minimum absolute atomic E-state index is 0.0935. The molecule has 0 N–H and O–H groups in total. The van der Waals surface area contributed by atoms with Gasteiger partial charge in [0.25, 0.3) is 0 Å². The van der Waals surface area contributed by atoms with Crippen molar-refractivity contribution in [3.63, 3.8) is 0 Å². The fourth-order valence-corrected chi connectivity index (χ4v) is 7.88. The first kappa shape index (κ1) is 63.8. The molecule has 0 aromatic rings. The second-order valence-electron chi connectivity index (χ2n) is 18.8. The van der Waals surface area contributed by atoms with Crippen molar-refractivity contribution in [2.75, 3.05) is 13.2 Å². The Labute approximate surface area is 414 Å². The lowest BCUT2D eigenvalue weighted by atomic mass is 10.0. The number of allylic oxidation sites excluding steroid dienone is 12. The molecule has 0 aliphatic heterocycles. The summed E-state index contributed by atoms with van der Waals surface area (Å²) in [4.78, 5) is 38.1. The summed E-state index contributed by atoms with van der Waals surface area (Å²) in [5.74, 6) is -0.951. The third kappa shape index (κ3) is 53.7. The first-order valence-electron chi connectivity index (χ1n) is 28.4. The van der Waals surface area contributed by atoms with Crippen LogP contribution in [0.4, 0.5) is 0 Å². The van der Waals surface area contributed by atoms with Crippen LogP contribution in [0.25, 0.3) is 0 Å². The average molecular weight is 936 g/mol. The third-order valence-electron chi connectivity index (χ3n) is 12.2. The van der Waals surface area contributed by atoms with E-state index in [9.17, 15) is 14.4 Å². The highest BCUT2D eigenvalue weighted by molar-refractivity contribution is 5.71. The molecule has 0 radical (unpaired) electrons. The van der Waals surface area contributed by atoms with Crippen molar-refractivity contribution in [1.29, 1.82) is 0 Å². The number of esters is 3. The topological polar surface area (TPSA) is 78.9 Å². The number of rotatable bonds is 51. The van der Waals surface area contributed by atoms with Gasteiger partial charge >= 0.3 is 17.9 Å². The smallest absolute Gasteiger partial charge is 0.306 e. The van der Waals surface area contributed by atoms with Crippen molar-refractivity contribution in [3.8, 4) is 0 Å². The van der Waals surface area contributed by atoms with E-state index in [-0.39, 0.29) is 37.5 Å². The molecule has 0 heterocycles. The molecule has 0 fully saturated rings. The van der Waals surface area contributed by atoms with E-state index < -0.39 is 6.10 Å². The van der Waals surface area contributed by atoms with Gasteiger partial charge in [0.1, 0.15) is 13.2 Å². The van der Waals surface area contributed by atoms with Gasteiger partial charge in [-0.2, -0.15) is 0 Å². The summed E-state index contributed by atoms with van der Waals surface area (Å²) in [6.45, 7) is 6.55. The quantitative estimate of drug-likeness (QED) is 0.0262. The summed E-state index contributed by atoms with van der Waals surface area (Å²) in [5.41, 5.74) is 0.